The summed E-state index contributed by atoms with van der Waals surface area (Å²) in [5.41, 5.74) is -3.09. The number of aliphatic hydroxyl groups is 3. The lowest BCUT2D eigenvalue weighted by molar-refractivity contribution is -0.335. The molecule has 1 heterocycles. The van der Waals surface area contributed by atoms with Crippen molar-refractivity contribution in [1.82, 2.24) is 5.32 Å². The van der Waals surface area contributed by atoms with E-state index in [-0.39, 0.29) is 12.8 Å². The first kappa shape index (κ1) is 58.8. The van der Waals surface area contributed by atoms with E-state index in [1.165, 1.54) is 51.4 Å². The van der Waals surface area contributed by atoms with Gasteiger partial charge in [0.15, 0.2) is 6.10 Å². The van der Waals surface area contributed by atoms with E-state index in [9.17, 15) is 48.8 Å². The number of amides is 1. The Morgan fingerprint density at radius 3 is 1.43 bits per heavy atom. The second kappa shape index (κ2) is 35.1. The number of carbonyl (C=O) groups is 4. The Labute approximate surface area is 377 Å². The van der Waals surface area contributed by atoms with Crippen molar-refractivity contribution in [1.29, 1.82) is 0 Å². The summed E-state index contributed by atoms with van der Waals surface area (Å²) in [5.74, 6) is -3.07. The molecule has 1 rings (SSSR count). The third kappa shape index (κ3) is 27.2. The maximum atomic E-state index is 13.7. The lowest BCUT2D eigenvalue weighted by Gasteiger charge is -2.48. The maximum Gasteiger partial charge on any atom is 0.470 e. The summed E-state index contributed by atoms with van der Waals surface area (Å²) in [6.07, 6.45) is 12.8. The Morgan fingerprint density at radius 1 is 0.619 bits per heavy atom. The van der Waals surface area contributed by atoms with Crippen LogP contribution in [0.15, 0.2) is 0 Å². The normalized spacial score (nSPS) is 21.1. The Bertz CT molecular complexity index is 1280. The molecule has 17 heteroatoms. The molecular formula is C46H86NO15P. The topological polar surface area (TPSA) is 245 Å². The highest BCUT2D eigenvalue weighted by atomic mass is 31.2. The molecule has 1 aliphatic heterocycles. The molecular weight excluding hydrogens is 837 g/mol. The zero-order valence-corrected chi connectivity index (χ0v) is 40.0. The van der Waals surface area contributed by atoms with Crippen LogP contribution in [0.3, 0.4) is 0 Å². The van der Waals surface area contributed by atoms with Gasteiger partial charge in [0.2, 0.25) is 17.9 Å². The summed E-state index contributed by atoms with van der Waals surface area (Å²) < 4.78 is 39.5. The molecule has 6 N–H and O–H groups in total. The van der Waals surface area contributed by atoms with Gasteiger partial charge in [-0.3, -0.25) is 23.7 Å². The lowest BCUT2D eigenvalue weighted by Crippen LogP contribution is -2.74. The number of aliphatic hydroxyl groups excluding tert-OH is 2. The summed E-state index contributed by atoms with van der Waals surface area (Å²) in [6, 6.07) is 0. The molecule has 0 aliphatic carbocycles. The van der Waals surface area contributed by atoms with Gasteiger partial charge in [0, 0.05) is 12.8 Å². The Morgan fingerprint density at radius 2 is 1.02 bits per heavy atom. The number of phosphoric ester groups is 1. The van der Waals surface area contributed by atoms with Gasteiger partial charge in [0.25, 0.3) is 0 Å². The van der Waals surface area contributed by atoms with Gasteiger partial charge in [0.05, 0.1) is 19.4 Å². The maximum absolute atomic E-state index is 13.7. The minimum absolute atomic E-state index is 0.139. The molecule has 1 aliphatic rings. The molecule has 370 valence electrons. The highest BCUT2D eigenvalue weighted by Gasteiger charge is 2.60. The smallest absolute Gasteiger partial charge is 0.462 e. The van der Waals surface area contributed by atoms with Gasteiger partial charge in [-0.15, -0.1) is 0 Å². The number of phosphoric acid groups is 1. The molecule has 1 saturated heterocycles. The summed E-state index contributed by atoms with van der Waals surface area (Å²) in [6.45, 7) is 7.33. The van der Waals surface area contributed by atoms with Crippen molar-refractivity contribution < 1.29 is 72.3 Å². The number of esters is 3. The van der Waals surface area contributed by atoms with Crippen LogP contribution < -0.4 is 5.32 Å². The van der Waals surface area contributed by atoms with Crippen LogP contribution in [0.4, 0.5) is 0 Å². The number of unbranched alkanes of at least 4 members (excludes halogenated alkanes) is 20. The van der Waals surface area contributed by atoms with Crippen molar-refractivity contribution in [2.45, 2.75) is 263 Å². The predicted octanol–water partition coefficient (Wildman–Crippen LogP) is 8.50. The van der Waals surface area contributed by atoms with Gasteiger partial charge in [-0.05, 0) is 38.5 Å². The zero-order chi connectivity index (χ0) is 46.9. The van der Waals surface area contributed by atoms with Crippen LogP contribution in [-0.2, 0) is 47.2 Å². The summed E-state index contributed by atoms with van der Waals surface area (Å²) in [7, 11) is -5.46. The Balaban J connectivity index is 3.28. The number of nitrogens with one attached hydrogen (secondary N) is 1. The van der Waals surface area contributed by atoms with Crippen LogP contribution in [0.5, 0.6) is 0 Å². The standard InChI is InChI=1S/C46H86NO15P/c1-5-9-13-15-17-19-21-23-27-29-36(58-40(50)31-25-11-7-3)33-39(49)47-46(54)44(43(62-63(55,56)57)38(35-48)60-45(46)53)61-42(52)34-37(59-41(51)32-26-12-8-4)30-28-24-22-20-18-16-14-10-6-2/h36-38,43-45,48,53-54H,5-35H2,1-4H3,(H,47,49)(H2,55,56,57)/t36-,37-,38-,43-,44+,45-,46-/m1/s1. The first-order chi connectivity index (χ1) is 30.1. The fraction of sp³-hybridized carbons (Fsp3) is 0.913. The van der Waals surface area contributed by atoms with E-state index in [1.807, 2.05) is 13.8 Å². The minimum Gasteiger partial charge on any atom is -0.462 e. The highest BCUT2D eigenvalue weighted by molar-refractivity contribution is 7.46. The molecule has 0 saturated carbocycles. The van der Waals surface area contributed by atoms with Gasteiger partial charge < -0.3 is 49.4 Å². The van der Waals surface area contributed by atoms with Crippen molar-refractivity contribution in [2.24, 2.45) is 0 Å². The van der Waals surface area contributed by atoms with Gasteiger partial charge in [-0.2, -0.15) is 0 Å². The molecule has 16 nitrogen and oxygen atoms in total. The molecule has 0 aromatic carbocycles. The summed E-state index contributed by atoms with van der Waals surface area (Å²) >= 11 is 0. The fourth-order valence-electron chi connectivity index (χ4n) is 7.81. The van der Waals surface area contributed by atoms with E-state index in [0.717, 1.165) is 77.0 Å². The third-order valence-electron chi connectivity index (χ3n) is 11.4. The largest absolute Gasteiger partial charge is 0.470 e. The SMILES string of the molecule is CCCCCCCCCCC[C@H](CC(=O)N[C@]1(O)[C@H](O)O[C@H](CO)[C@@H](OP(=O)(O)O)[C@@H]1OC(=O)C[C@@H](CCCCCCCCCCC)OC(=O)CCCCC)OC(=O)CCCCC. The molecule has 0 spiro atoms. The lowest BCUT2D eigenvalue weighted by atomic mass is 9.92. The van der Waals surface area contributed by atoms with Gasteiger partial charge in [-0.25, -0.2) is 4.57 Å². The average molecular weight is 924 g/mol. The van der Waals surface area contributed by atoms with E-state index >= 15 is 0 Å². The van der Waals surface area contributed by atoms with Crippen molar-refractivity contribution in [3.05, 3.63) is 0 Å². The van der Waals surface area contributed by atoms with Crippen molar-refractivity contribution in [3.8, 4) is 0 Å². The van der Waals surface area contributed by atoms with Gasteiger partial charge >= 0.3 is 25.7 Å². The van der Waals surface area contributed by atoms with Crippen LogP contribution >= 0.6 is 7.82 Å². The molecule has 1 fully saturated rings. The van der Waals surface area contributed by atoms with E-state index in [2.05, 4.69) is 19.2 Å². The monoisotopic (exact) mass is 924 g/mol. The number of carbonyl (C=O) groups excluding carboxylic acids is 4. The zero-order valence-electron chi connectivity index (χ0n) is 39.2. The molecule has 0 aromatic rings. The molecule has 1 amide bonds. The second-order valence-electron chi connectivity index (χ2n) is 17.3. The number of ether oxygens (including phenoxy) is 4. The second-order valence-corrected chi connectivity index (χ2v) is 18.5. The molecule has 0 radical (unpaired) electrons. The van der Waals surface area contributed by atoms with Gasteiger partial charge in [-0.1, -0.05) is 156 Å². The van der Waals surface area contributed by atoms with Crippen molar-refractivity contribution >= 4 is 31.6 Å². The molecule has 0 bridgehead atoms. The fourth-order valence-corrected chi connectivity index (χ4v) is 8.37. The molecule has 7 atom stereocenters. The van der Waals surface area contributed by atoms with Crippen LogP contribution in [0.1, 0.15) is 220 Å². The Hall–Kier alpha value is -2.17. The predicted molar refractivity (Wildman–Crippen MR) is 239 cm³/mol. The summed E-state index contributed by atoms with van der Waals surface area (Å²) in [4.78, 5) is 72.8. The third-order valence-corrected chi connectivity index (χ3v) is 12.0. The average Bonchev–Trinajstić information content (AvgIpc) is 3.21. The van der Waals surface area contributed by atoms with Crippen LogP contribution in [-0.4, -0.2) is 98.1 Å². The molecule has 0 unspecified atom stereocenters. The van der Waals surface area contributed by atoms with Gasteiger partial charge in [0.1, 0.15) is 24.4 Å². The van der Waals surface area contributed by atoms with E-state index in [1.54, 1.807) is 0 Å². The van der Waals surface area contributed by atoms with Crippen LogP contribution in [0, 0.1) is 0 Å². The first-order valence-corrected chi connectivity index (χ1v) is 26.0. The van der Waals surface area contributed by atoms with Crippen LogP contribution in [0.25, 0.3) is 0 Å². The Kier molecular flexibility index (Phi) is 32.8. The van der Waals surface area contributed by atoms with Crippen molar-refractivity contribution in [2.75, 3.05) is 6.61 Å². The summed E-state index contributed by atoms with van der Waals surface area (Å²) in [5, 5.41) is 35.4. The van der Waals surface area contributed by atoms with E-state index < -0.39 is 93.6 Å². The first-order valence-electron chi connectivity index (χ1n) is 24.4. The van der Waals surface area contributed by atoms with Crippen molar-refractivity contribution in [3.63, 3.8) is 0 Å². The van der Waals surface area contributed by atoms with E-state index in [0.29, 0.717) is 38.5 Å². The molecule has 63 heavy (non-hydrogen) atoms. The number of hydrogen-bond acceptors (Lipinski definition) is 13. The highest BCUT2D eigenvalue weighted by Crippen LogP contribution is 2.43. The van der Waals surface area contributed by atoms with E-state index in [4.69, 9.17) is 23.5 Å². The number of hydrogen-bond donors (Lipinski definition) is 6. The van der Waals surface area contributed by atoms with Crippen LogP contribution in [0.2, 0.25) is 0 Å². The molecule has 0 aromatic heterocycles. The minimum atomic E-state index is -5.46. The number of rotatable bonds is 39. The quantitative estimate of drug-likeness (QED) is 0.0111.